The number of rotatable bonds is 7. The second-order valence-corrected chi connectivity index (χ2v) is 3.39. The van der Waals surface area contributed by atoms with Gasteiger partial charge in [0.25, 0.3) is 0 Å². The van der Waals surface area contributed by atoms with E-state index >= 15 is 0 Å². The number of ether oxygens (including phenoxy) is 2. The Morgan fingerprint density at radius 1 is 1.07 bits per heavy atom. The van der Waals surface area contributed by atoms with E-state index in [4.69, 9.17) is 9.47 Å². The molecule has 0 radical (unpaired) electrons. The summed E-state index contributed by atoms with van der Waals surface area (Å²) in [5.41, 5.74) is 0. The van der Waals surface area contributed by atoms with Crippen molar-refractivity contribution in [2.45, 2.75) is 34.0 Å². The molecule has 0 aliphatic rings. The summed E-state index contributed by atoms with van der Waals surface area (Å²) in [6.07, 6.45) is -0.0952. The van der Waals surface area contributed by atoms with Crippen molar-refractivity contribution in [1.82, 2.24) is 0 Å². The summed E-state index contributed by atoms with van der Waals surface area (Å²) in [6.45, 7) is 12.6. The Bertz CT molecular complexity index is 121. The first-order chi connectivity index (χ1) is 6.14. The van der Waals surface area contributed by atoms with Gasteiger partial charge in [0.15, 0.2) is 13.0 Å². The smallest absolute Gasteiger partial charge is 0.185 e. The van der Waals surface area contributed by atoms with Crippen molar-refractivity contribution >= 4 is 0 Å². The second-order valence-electron chi connectivity index (χ2n) is 3.39. The molecule has 4 heteroatoms. The molecule has 0 fully saturated rings. The number of hydrogen-bond donors (Lipinski definition) is 0. The van der Waals surface area contributed by atoms with Crippen LogP contribution >= 0.6 is 0 Å². The van der Waals surface area contributed by atoms with Crippen molar-refractivity contribution in [3.05, 3.63) is 0 Å². The molecule has 1 atom stereocenters. The van der Waals surface area contributed by atoms with E-state index in [9.17, 15) is 0 Å². The van der Waals surface area contributed by atoms with Crippen LogP contribution in [0.5, 0.6) is 0 Å². The van der Waals surface area contributed by atoms with Gasteiger partial charge < -0.3 is 26.4 Å². The third-order valence-corrected chi connectivity index (χ3v) is 2.93. The fourth-order valence-corrected chi connectivity index (χ4v) is 1.28. The molecule has 0 spiro atoms. The van der Waals surface area contributed by atoms with Crippen LogP contribution in [0, 0.1) is 0 Å². The van der Waals surface area contributed by atoms with Gasteiger partial charge >= 0.3 is 0 Å². The standard InChI is InChI=1S/C10H24NO2.ClH/c1-6-11(7-2,8-3)9-13-10(4)12-5;/h10H,6-9H2,1-5H3;1H/q+1;/p-1. The van der Waals surface area contributed by atoms with Crippen LogP contribution in [0.1, 0.15) is 27.7 Å². The highest BCUT2D eigenvalue weighted by Crippen LogP contribution is 2.07. The lowest BCUT2D eigenvalue weighted by Crippen LogP contribution is -3.00. The molecule has 0 heterocycles. The summed E-state index contributed by atoms with van der Waals surface area (Å²) < 4.78 is 11.6. The van der Waals surface area contributed by atoms with Gasteiger partial charge in [-0.3, -0.25) is 0 Å². The van der Waals surface area contributed by atoms with E-state index in [2.05, 4.69) is 20.8 Å². The maximum Gasteiger partial charge on any atom is 0.185 e. The molecule has 0 aromatic rings. The van der Waals surface area contributed by atoms with Gasteiger partial charge in [-0.05, 0) is 27.7 Å². The molecule has 3 nitrogen and oxygen atoms in total. The molecule has 1 unspecified atom stereocenters. The number of hydrogen-bond acceptors (Lipinski definition) is 2. The fraction of sp³-hybridized carbons (Fsp3) is 1.00. The Morgan fingerprint density at radius 3 is 1.79 bits per heavy atom. The minimum atomic E-state index is -0.0952. The Morgan fingerprint density at radius 2 is 1.50 bits per heavy atom. The third-order valence-electron chi connectivity index (χ3n) is 2.93. The van der Waals surface area contributed by atoms with Crippen LogP contribution in [-0.2, 0) is 9.47 Å². The van der Waals surface area contributed by atoms with Crippen LogP contribution in [0.4, 0.5) is 0 Å². The number of quaternary nitrogens is 1. The molecular weight excluding hydrogens is 202 g/mol. The topological polar surface area (TPSA) is 18.5 Å². The summed E-state index contributed by atoms with van der Waals surface area (Å²) in [7, 11) is 1.67. The third kappa shape index (κ3) is 5.15. The molecular formula is C10H24ClNO2. The summed E-state index contributed by atoms with van der Waals surface area (Å²) in [6, 6.07) is 0. The largest absolute Gasteiger partial charge is 1.00 e. The number of halogens is 1. The Balaban J connectivity index is 0. The van der Waals surface area contributed by atoms with E-state index in [1.54, 1.807) is 7.11 Å². The summed E-state index contributed by atoms with van der Waals surface area (Å²) in [5.74, 6) is 0. The molecule has 14 heavy (non-hydrogen) atoms. The van der Waals surface area contributed by atoms with Gasteiger partial charge in [-0.15, -0.1) is 0 Å². The van der Waals surface area contributed by atoms with Crippen LogP contribution in [0.2, 0.25) is 0 Å². The van der Waals surface area contributed by atoms with E-state index in [1.165, 1.54) is 0 Å². The Kier molecular flexibility index (Phi) is 10.0. The van der Waals surface area contributed by atoms with Crippen molar-refractivity contribution in [1.29, 1.82) is 0 Å². The average Bonchev–Trinajstić information content (AvgIpc) is 2.20. The monoisotopic (exact) mass is 225 g/mol. The molecule has 88 valence electrons. The minimum Gasteiger partial charge on any atom is -1.00 e. The predicted octanol–water partition coefficient (Wildman–Crippen LogP) is -1.17. The summed E-state index contributed by atoms with van der Waals surface area (Å²) in [4.78, 5) is 0. The Labute approximate surface area is 94.4 Å². The molecule has 0 rings (SSSR count). The highest BCUT2D eigenvalue weighted by Gasteiger charge is 2.21. The molecule has 0 aromatic heterocycles. The van der Waals surface area contributed by atoms with Crippen LogP contribution < -0.4 is 12.4 Å². The summed E-state index contributed by atoms with van der Waals surface area (Å²) in [5, 5.41) is 0. The van der Waals surface area contributed by atoms with Crippen molar-refractivity contribution in [2.24, 2.45) is 0 Å². The molecule has 0 aliphatic carbocycles. The second kappa shape index (κ2) is 8.48. The highest BCUT2D eigenvalue weighted by molar-refractivity contribution is 4.32. The van der Waals surface area contributed by atoms with E-state index in [1.807, 2.05) is 6.92 Å². The van der Waals surface area contributed by atoms with Crippen LogP contribution in [0.3, 0.4) is 0 Å². The van der Waals surface area contributed by atoms with Gasteiger partial charge in [0, 0.05) is 7.11 Å². The molecule has 0 saturated carbocycles. The van der Waals surface area contributed by atoms with Crippen molar-refractivity contribution in [2.75, 3.05) is 33.5 Å². The number of methoxy groups -OCH3 is 1. The molecule has 0 aromatic carbocycles. The van der Waals surface area contributed by atoms with Crippen molar-refractivity contribution < 1.29 is 26.4 Å². The first kappa shape index (κ1) is 16.6. The molecule has 0 N–H and O–H groups in total. The van der Waals surface area contributed by atoms with Crippen molar-refractivity contribution in [3.8, 4) is 0 Å². The highest BCUT2D eigenvalue weighted by atomic mass is 35.5. The normalized spacial score (nSPS) is 13.5. The van der Waals surface area contributed by atoms with E-state index in [0.717, 1.165) is 30.8 Å². The zero-order valence-electron chi connectivity index (χ0n) is 10.0. The zero-order valence-corrected chi connectivity index (χ0v) is 10.8. The average molecular weight is 226 g/mol. The lowest BCUT2D eigenvalue weighted by Gasteiger charge is -2.35. The van der Waals surface area contributed by atoms with Gasteiger partial charge in [0.05, 0.1) is 19.6 Å². The van der Waals surface area contributed by atoms with Crippen LogP contribution in [0.25, 0.3) is 0 Å². The fourth-order valence-electron chi connectivity index (χ4n) is 1.28. The van der Waals surface area contributed by atoms with Crippen LogP contribution in [-0.4, -0.2) is 44.2 Å². The maximum absolute atomic E-state index is 5.58. The van der Waals surface area contributed by atoms with Gasteiger partial charge in [0.1, 0.15) is 0 Å². The van der Waals surface area contributed by atoms with E-state index in [-0.39, 0.29) is 18.7 Å². The first-order valence-corrected chi connectivity index (χ1v) is 5.13. The molecule has 0 aliphatic heterocycles. The molecule has 0 saturated heterocycles. The predicted molar refractivity (Wildman–Crippen MR) is 54.3 cm³/mol. The minimum absolute atomic E-state index is 0. The maximum atomic E-state index is 5.58. The molecule has 0 bridgehead atoms. The van der Waals surface area contributed by atoms with Crippen LogP contribution in [0.15, 0.2) is 0 Å². The van der Waals surface area contributed by atoms with Gasteiger partial charge in [-0.25, -0.2) is 0 Å². The number of nitrogens with zero attached hydrogens (tertiary/aromatic N) is 1. The van der Waals surface area contributed by atoms with Gasteiger partial charge in [-0.2, -0.15) is 0 Å². The quantitative estimate of drug-likeness (QED) is 0.402. The SMILES string of the molecule is CC[N+](CC)(CC)COC(C)OC.[Cl-]. The van der Waals surface area contributed by atoms with Gasteiger partial charge in [0.2, 0.25) is 0 Å². The van der Waals surface area contributed by atoms with E-state index < -0.39 is 0 Å². The van der Waals surface area contributed by atoms with Crippen molar-refractivity contribution in [3.63, 3.8) is 0 Å². The molecule has 0 amide bonds. The summed E-state index contributed by atoms with van der Waals surface area (Å²) >= 11 is 0. The van der Waals surface area contributed by atoms with Gasteiger partial charge in [-0.1, -0.05) is 0 Å². The Hall–Kier alpha value is 0.170. The lowest BCUT2D eigenvalue weighted by molar-refractivity contribution is -0.942. The zero-order chi connectivity index (χ0) is 10.3. The first-order valence-electron chi connectivity index (χ1n) is 5.13. The van der Waals surface area contributed by atoms with E-state index in [0.29, 0.717) is 0 Å². The lowest BCUT2D eigenvalue weighted by atomic mass is 10.4.